The Balaban J connectivity index is 2.39. The fourth-order valence-electron chi connectivity index (χ4n) is 1.51. The van der Waals surface area contributed by atoms with Gasteiger partial charge in [0.15, 0.2) is 11.7 Å². The summed E-state index contributed by atoms with van der Waals surface area (Å²) in [4.78, 5) is 14.5. The van der Waals surface area contributed by atoms with E-state index in [2.05, 4.69) is 20.9 Å². The van der Waals surface area contributed by atoms with E-state index >= 15 is 0 Å². The highest BCUT2D eigenvalue weighted by atomic mass is 79.9. The summed E-state index contributed by atoms with van der Waals surface area (Å²) < 4.78 is 13.8. The number of aryl methyl sites for hydroxylation is 1. The van der Waals surface area contributed by atoms with Crippen LogP contribution >= 0.6 is 15.9 Å². The van der Waals surface area contributed by atoms with Crippen LogP contribution in [0.3, 0.4) is 0 Å². The third kappa shape index (κ3) is 2.07. The maximum absolute atomic E-state index is 12.9. The zero-order chi connectivity index (χ0) is 11.7. The van der Waals surface area contributed by atoms with Gasteiger partial charge in [0.2, 0.25) is 0 Å². The summed E-state index contributed by atoms with van der Waals surface area (Å²) in [5, 5.41) is 0. The number of carbonyl (C=O) groups excluding carboxylic acids is 1. The Kier molecular flexibility index (Phi) is 2.92. The Labute approximate surface area is 101 Å². The van der Waals surface area contributed by atoms with Gasteiger partial charge < -0.3 is 4.98 Å². The first-order chi connectivity index (χ1) is 7.58. The van der Waals surface area contributed by atoms with Crippen LogP contribution in [0.25, 0.3) is 0 Å². The number of H-pyrrole nitrogens is 1. The maximum Gasteiger partial charge on any atom is 0.194 e. The van der Waals surface area contributed by atoms with Crippen LogP contribution in [0.15, 0.2) is 34.8 Å². The Hall–Kier alpha value is -1.42. The van der Waals surface area contributed by atoms with Gasteiger partial charge in [0, 0.05) is 27.4 Å². The fraction of sp³-hybridized carbons (Fsp3) is 0.0833. The number of aromatic nitrogens is 1. The Morgan fingerprint density at radius 2 is 1.94 bits per heavy atom. The molecule has 0 amide bonds. The normalized spacial score (nSPS) is 10.4. The number of benzene rings is 1. The molecule has 0 radical (unpaired) electrons. The first-order valence-corrected chi connectivity index (χ1v) is 5.52. The van der Waals surface area contributed by atoms with Crippen LogP contribution < -0.4 is 0 Å². The van der Waals surface area contributed by atoms with E-state index in [-0.39, 0.29) is 5.78 Å². The SMILES string of the molecule is Cc1[nH]c(F)cc1C(=O)c1ccc(Br)cc1. The van der Waals surface area contributed by atoms with Crippen molar-refractivity contribution in [1.82, 2.24) is 4.98 Å². The van der Waals surface area contributed by atoms with Crippen molar-refractivity contribution < 1.29 is 9.18 Å². The van der Waals surface area contributed by atoms with E-state index in [1.54, 1.807) is 31.2 Å². The van der Waals surface area contributed by atoms with Gasteiger partial charge in [-0.05, 0) is 31.2 Å². The van der Waals surface area contributed by atoms with E-state index in [0.717, 1.165) is 4.47 Å². The second-order valence-electron chi connectivity index (χ2n) is 3.49. The first kappa shape index (κ1) is 11.1. The molecule has 2 aromatic rings. The van der Waals surface area contributed by atoms with E-state index in [1.165, 1.54) is 6.07 Å². The van der Waals surface area contributed by atoms with Crippen LogP contribution in [0.2, 0.25) is 0 Å². The van der Waals surface area contributed by atoms with Gasteiger partial charge >= 0.3 is 0 Å². The van der Waals surface area contributed by atoms with Crippen LogP contribution in [0.1, 0.15) is 21.6 Å². The van der Waals surface area contributed by atoms with Crippen molar-refractivity contribution in [3.63, 3.8) is 0 Å². The lowest BCUT2D eigenvalue weighted by Crippen LogP contribution is -2.01. The zero-order valence-electron chi connectivity index (χ0n) is 8.55. The number of ketones is 1. The van der Waals surface area contributed by atoms with Crippen LogP contribution in [-0.2, 0) is 0 Å². The monoisotopic (exact) mass is 281 g/mol. The lowest BCUT2D eigenvalue weighted by atomic mass is 10.0. The average molecular weight is 282 g/mol. The summed E-state index contributed by atoms with van der Waals surface area (Å²) in [6.45, 7) is 1.68. The third-order valence-electron chi connectivity index (χ3n) is 2.33. The number of rotatable bonds is 2. The van der Waals surface area contributed by atoms with Gasteiger partial charge in [-0.3, -0.25) is 4.79 Å². The first-order valence-electron chi connectivity index (χ1n) is 4.73. The molecule has 0 spiro atoms. The van der Waals surface area contributed by atoms with E-state index in [1.807, 2.05) is 0 Å². The highest BCUT2D eigenvalue weighted by Gasteiger charge is 2.14. The van der Waals surface area contributed by atoms with E-state index in [4.69, 9.17) is 0 Å². The predicted molar refractivity (Wildman–Crippen MR) is 63.1 cm³/mol. The Morgan fingerprint density at radius 3 is 2.44 bits per heavy atom. The molecule has 1 heterocycles. The molecular formula is C12H9BrFNO. The molecule has 0 fully saturated rings. The molecule has 16 heavy (non-hydrogen) atoms. The number of hydrogen-bond donors (Lipinski definition) is 1. The number of aromatic amines is 1. The van der Waals surface area contributed by atoms with E-state index in [9.17, 15) is 9.18 Å². The van der Waals surface area contributed by atoms with Crippen molar-refractivity contribution >= 4 is 21.7 Å². The number of carbonyl (C=O) groups is 1. The van der Waals surface area contributed by atoms with Crippen LogP contribution in [0, 0.1) is 12.9 Å². The molecular weight excluding hydrogens is 273 g/mol. The lowest BCUT2D eigenvalue weighted by Gasteiger charge is -1.99. The minimum Gasteiger partial charge on any atom is -0.335 e. The quantitative estimate of drug-likeness (QED) is 0.841. The second kappa shape index (κ2) is 4.22. The molecule has 1 N–H and O–H groups in total. The highest BCUT2D eigenvalue weighted by Crippen LogP contribution is 2.17. The minimum atomic E-state index is -0.488. The molecule has 2 nitrogen and oxygen atoms in total. The molecule has 0 unspecified atom stereocenters. The summed E-state index contributed by atoms with van der Waals surface area (Å²) in [6, 6.07) is 8.20. The summed E-state index contributed by atoms with van der Waals surface area (Å²) in [5.74, 6) is -0.664. The Morgan fingerprint density at radius 1 is 1.31 bits per heavy atom. The van der Waals surface area contributed by atoms with Crippen molar-refractivity contribution in [2.75, 3.05) is 0 Å². The molecule has 0 saturated carbocycles. The van der Waals surface area contributed by atoms with Crippen LogP contribution in [-0.4, -0.2) is 10.8 Å². The second-order valence-corrected chi connectivity index (χ2v) is 4.41. The molecule has 0 aliphatic carbocycles. The smallest absolute Gasteiger partial charge is 0.194 e. The van der Waals surface area contributed by atoms with Gasteiger partial charge in [0.25, 0.3) is 0 Å². The molecule has 1 aromatic heterocycles. The third-order valence-corrected chi connectivity index (χ3v) is 2.86. The lowest BCUT2D eigenvalue weighted by molar-refractivity contribution is 0.103. The zero-order valence-corrected chi connectivity index (χ0v) is 10.1. The predicted octanol–water partition coefficient (Wildman–Crippen LogP) is 3.46. The largest absolute Gasteiger partial charge is 0.335 e. The molecule has 82 valence electrons. The summed E-state index contributed by atoms with van der Waals surface area (Å²) in [5.41, 5.74) is 1.47. The van der Waals surface area contributed by atoms with Gasteiger partial charge in [0.1, 0.15) is 0 Å². The van der Waals surface area contributed by atoms with Crippen LogP contribution in [0.5, 0.6) is 0 Å². The number of nitrogens with one attached hydrogen (secondary N) is 1. The standard InChI is InChI=1S/C12H9BrFNO/c1-7-10(6-11(14)15-7)12(16)8-2-4-9(13)5-3-8/h2-6,15H,1H3. The van der Waals surface area contributed by atoms with Crippen molar-refractivity contribution in [3.8, 4) is 0 Å². The van der Waals surface area contributed by atoms with Crippen molar-refractivity contribution in [2.24, 2.45) is 0 Å². The molecule has 2 rings (SSSR count). The van der Waals surface area contributed by atoms with Crippen LogP contribution in [0.4, 0.5) is 4.39 Å². The fourth-order valence-corrected chi connectivity index (χ4v) is 1.77. The molecule has 4 heteroatoms. The highest BCUT2D eigenvalue weighted by molar-refractivity contribution is 9.10. The van der Waals surface area contributed by atoms with E-state index < -0.39 is 5.95 Å². The maximum atomic E-state index is 12.9. The van der Waals surface area contributed by atoms with Gasteiger partial charge in [-0.1, -0.05) is 15.9 Å². The molecule has 1 aromatic carbocycles. The van der Waals surface area contributed by atoms with E-state index in [0.29, 0.717) is 16.8 Å². The topological polar surface area (TPSA) is 32.9 Å². The van der Waals surface area contributed by atoms with Gasteiger partial charge in [0.05, 0.1) is 0 Å². The van der Waals surface area contributed by atoms with Crippen molar-refractivity contribution in [2.45, 2.75) is 6.92 Å². The molecule has 0 atom stereocenters. The van der Waals surface area contributed by atoms with Crippen molar-refractivity contribution in [1.29, 1.82) is 0 Å². The Bertz CT molecular complexity index is 530. The van der Waals surface area contributed by atoms with Gasteiger partial charge in [-0.15, -0.1) is 0 Å². The number of hydrogen-bond acceptors (Lipinski definition) is 1. The molecule has 0 aliphatic heterocycles. The molecule has 0 bridgehead atoms. The summed E-state index contributed by atoms with van der Waals surface area (Å²) in [7, 11) is 0. The van der Waals surface area contributed by atoms with Crippen molar-refractivity contribution in [3.05, 3.63) is 57.6 Å². The van der Waals surface area contributed by atoms with Gasteiger partial charge in [-0.25, -0.2) is 0 Å². The number of halogens is 2. The molecule has 0 saturated heterocycles. The summed E-state index contributed by atoms with van der Waals surface area (Å²) >= 11 is 3.29. The summed E-state index contributed by atoms with van der Waals surface area (Å²) in [6.07, 6.45) is 0. The minimum absolute atomic E-state index is 0.176. The van der Waals surface area contributed by atoms with Gasteiger partial charge in [-0.2, -0.15) is 4.39 Å². The average Bonchev–Trinajstić information content (AvgIpc) is 2.58. The molecule has 0 aliphatic rings.